The van der Waals surface area contributed by atoms with Crippen molar-refractivity contribution < 1.29 is 27.9 Å². The van der Waals surface area contributed by atoms with Gasteiger partial charge in [-0.2, -0.15) is 13.2 Å². The molecule has 7 heteroatoms. The first-order chi connectivity index (χ1) is 11.9. The summed E-state index contributed by atoms with van der Waals surface area (Å²) in [4.78, 5) is 24.2. The molecule has 5 atom stereocenters. The van der Waals surface area contributed by atoms with Gasteiger partial charge < -0.3 is 10.4 Å². The number of halogens is 3. The number of carbonyl (C=O) groups is 2. The zero-order valence-corrected chi connectivity index (χ0v) is 15.8. The Labute approximate surface area is 152 Å². The van der Waals surface area contributed by atoms with Crippen LogP contribution in [0, 0.1) is 23.2 Å². The Hall–Kier alpha value is -1.11. The molecule has 2 aliphatic carbocycles. The molecule has 2 aliphatic rings. The lowest BCUT2D eigenvalue weighted by molar-refractivity contribution is -0.253. The van der Waals surface area contributed by atoms with Gasteiger partial charge in [-0.3, -0.25) is 9.59 Å². The van der Waals surface area contributed by atoms with Crippen LogP contribution in [0.4, 0.5) is 13.2 Å². The van der Waals surface area contributed by atoms with Gasteiger partial charge in [0.1, 0.15) is 5.78 Å². The van der Waals surface area contributed by atoms with Crippen molar-refractivity contribution in [3.8, 4) is 0 Å². The molecule has 2 fully saturated rings. The van der Waals surface area contributed by atoms with Crippen molar-refractivity contribution in [1.29, 1.82) is 0 Å². The Bertz CT molecular complexity index is 547. The van der Waals surface area contributed by atoms with Crippen molar-refractivity contribution in [1.82, 2.24) is 5.32 Å². The van der Waals surface area contributed by atoms with Crippen LogP contribution in [0.25, 0.3) is 0 Å². The van der Waals surface area contributed by atoms with E-state index in [1.165, 1.54) is 0 Å². The van der Waals surface area contributed by atoms with Crippen LogP contribution >= 0.6 is 0 Å². The lowest BCUT2D eigenvalue weighted by Crippen LogP contribution is -2.50. The van der Waals surface area contributed by atoms with Gasteiger partial charge in [0.2, 0.25) is 5.91 Å². The number of amides is 1. The molecule has 2 N–H and O–H groups in total. The van der Waals surface area contributed by atoms with Gasteiger partial charge in [-0.25, -0.2) is 0 Å². The number of nitrogens with one attached hydrogen (secondary N) is 1. The molecule has 0 saturated heterocycles. The third kappa shape index (κ3) is 4.24. The minimum Gasteiger partial charge on any atom is -0.380 e. The molecule has 26 heavy (non-hydrogen) atoms. The summed E-state index contributed by atoms with van der Waals surface area (Å²) in [5.74, 6) is -0.0844. The van der Waals surface area contributed by atoms with Crippen LogP contribution in [0.15, 0.2) is 0 Å². The normalized spacial score (nSPS) is 33.1. The highest BCUT2D eigenvalue weighted by Gasteiger charge is 2.52. The van der Waals surface area contributed by atoms with E-state index < -0.39 is 24.1 Å². The predicted molar refractivity (Wildman–Crippen MR) is 91.3 cm³/mol. The third-order valence-corrected chi connectivity index (χ3v) is 6.60. The fourth-order valence-corrected chi connectivity index (χ4v) is 4.99. The maximum absolute atomic E-state index is 12.7. The average Bonchev–Trinajstić information content (AvgIpc) is 2.50. The molecule has 0 spiro atoms. The standard InChI is InChI=1S/C19H30F3NO3/c1-12(11-23-16(25)10-18(3,26)19(20,21)22)13-6-4-7-14-15(24)8-5-9-17(13,14)2/h12-14,26H,4-11H2,1-3H3,(H,23,25)/t12-,13?,14?,17-,18-/m1/s1. The van der Waals surface area contributed by atoms with E-state index in [4.69, 9.17) is 0 Å². The van der Waals surface area contributed by atoms with Gasteiger partial charge in [-0.1, -0.05) is 20.3 Å². The number of hydrogen-bond donors (Lipinski definition) is 2. The molecule has 0 aromatic rings. The van der Waals surface area contributed by atoms with E-state index >= 15 is 0 Å². The van der Waals surface area contributed by atoms with Crippen molar-refractivity contribution in [2.45, 2.75) is 77.5 Å². The Kier molecular flexibility index (Phi) is 6.10. The van der Waals surface area contributed by atoms with Crippen LogP contribution in [-0.4, -0.2) is 35.1 Å². The highest BCUT2D eigenvalue weighted by Crippen LogP contribution is 2.54. The van der Waals surface area contributed by atoms with Gasteiger partial charge >= 0.3 is 6.18 Å². The summed E-state index contributed by atoms with van der Waals surface area (Å²) in [6, 6.07) is 0. The Morgan fingerprint density at radius 3 is 2.62 bits per heavy atom. The summed E-state index contributed by atoms with van der Waals surface area (Å²) in [6.07, 6.45) is -0.487. The highest BCUT2D eigenvalue weighted by atomic mass is 19.4. The van der Waals surface area contributed by atoms with Crippen molar-refractivity contribution in [2.24, 2.45) is 23.2 Å². The summed E-state index contributed by atoms with van der Waals surface area (Å²) in [7, 11) is 0. The topological polar surface area (TPSA) is 66.4 Å². The lowest BCUT2D eigenvalue weighted by Gasteiger charge is -2.51. The van der Waals surface area contributed by atoms with Gasteiger partial charge in [-0.05, 0) is 49.9 Å². The average molecular weight is 377 g/mol. The molecular formula is C19H30F3NO3. The second-order valence-corrected chi connectivity index (χ2v) is 8.65. The van der Waals surface area contributed by atoms with Gasteiger partial charge in [0.05, 0.1) is 6.42 Å². The maximum atomic E-state index is 12.7. The van der Waals surface area contributed by atoms with Crippen LogP contribution < -0.4 is 5.32 Å². The van der Waals surface area contributed by atoms with E-state index in [1.807, 2.05) is 6.92 Å². The van der Waals surface area contributed by atoms with E-state index in [2.05, 4.69) is 12.2 Å². The number of rotatable bonds is 5. The molecule has 4 nitrogen and oxygen atoms in total. The monoisotopic (exact) mass is 377 g/mol. The minimum atomic E-state index is -4.84. The van der Waals surface area contributed by atoms with Gasteiger partial charge in [-0.15, -0.1) is 0 Å². The minimum absolute atomic E-state index is 0.0634. The molecule has 150 valence electrons. The molecule has 2 saturated carbocycles. The molecule has 2 rings (SSSR count). The Balaban J connectivity index is 1.96. The molecule has 0 aromatic carbocycles. The second-order valence-electron chi connectivity index (χ2n) is 8.65. The number of Topliss-reactive ketones (excluding diaryl/α,β-unsaturated/α-hetero) is 1. The van der Waals surface area contributed by atoms with Gasteiger partial charge in [0.15, 0.2) is 5.60 Å². The number of hydrogen-bond acceptors (Lipinski definition) is 3. The van der Waals surface area contributed by atoms with Crippen LogP contribution in [0.3, 0.4) is 0 Å². The van der Waals surface area contributed by atoms with E-state index in [9.17, 15) is 27.9 Å². The molecule has 0 bridgehead atoms. The van der Waals surface area contributed by atoms with E-state index in [0.29, 0.717) is 19.1 Å². The largest absolute Gasteiger partial charge is 0.417 e. The van der Waals surface area contributed by atoms with Crippen LogP contribution in [0.1, 0.15) is 65.7 Å². The lowest BCUT2D eigenvalue weighted by atomic mass is 9.52. The van der Waals surface area contributed by atoms with Crippen molar-refractivity contribution >= 4 is 11.7 Å². The quantitative estimate of drug-likeness (QED) is 0.769. The smallest absolute Gasteiger partial charge is 0.380 e. The van der Waals surface area contributed by atoms with Crippen LogP contribution in [0.5, 0.6) is 0 Å². The summed E-state index contributed by atoms with van der Waals surface area (Å²) in [5.41, 5.74) is -3.12. The Morgan fingerprint density at radius 2 is 2.00 bits per heavy atom. The molecule has 1 amide bonds. The Morgan fingerprint density at radius 1 is 1.35 bits per heavy atom. The van der Waals surface area contributed by atoms with Crippen molar-refractivity contribution in [3.63, 3.8) is 0 Å². The van der Waals surface area contributed by atoms with Gasteiger partial charge in [0.25, 0.3) is 0 Å². The van der Waals surface area contributed by atoms with Gasteiger partial charge in [0, 0.05) is 18.9 Å². The SMILES string of the molecule is C[C@H](CNC(=O)C[C@@](C)(O)C(F)(F)F)C1CCCC2C(=O)CCC[C@@]21C. The number of alkyl halides is 3. The first-order valence-corrected chi connectivity index (χ1v) is 9.47. The molecule has 0 radical (unpaired) electrons. The zero-order valence-electron chi connectivity index (χ0n) is 15.8. The van der Waals surface area contributed by atoms with E-state index in [1.54, 1.807) is 0 Å². The molecule has 0 heterocycles. The second kappa shape index (κ2) is 7.49. The number of ketones is 1. The molecule has 0 aliphatic heterocycles. The summed E-state index contributed by atoms with van der Waals surface area (Å²) in [6.45, 7) is 5.01. The number of carbonyl (C=O) groups excluding carboxylic acids is 2. The highest BCUT2D eigenvalue weighted by molar-refractivity contribution is 5.82. The molecule has 2 unspecified atom stereocenters. The van der Waals surface area contributed by atoms with E-state index in [0.717, 1.165) is 32.1 Å². The van der Waals surface area contributed by atoms with Crippen molar-refractivity contribution in [3.05, 3.63) is 0 Å². The zero-order chi connectivity index (χ0) is 19.8. The first kappa shape index (κ1) is 21.2. The third-order valence-electron chi connectivity index (χ3n) is 6.60. The van der Waals surface area contributed by atoms with Crippen LogP contribution in [0.2, 0.25) is 0 Å². The fourth-order valence-electron chi connectivity index (χ4n) is 4.99. The first-order valence-electron chi connectivity index (χ1n) is 9.47. The summed E-state index contributed by atoms with van der Waals surface area (Å²) < 4.78 is 38.1. The number of fused-ring (bicyclic) bond motifs is 1. The fraction of sp³-hybridized carbons (Fsp3) is 0.895. The molecular weight excluding hydrogens is 347 g/mol. The predicted octanol–water partition coefficient (Wildman–Crippen LogP) is 3.62. The molecule has 0 aromatic heterocycles. The summed E-state index contributed by atoms with van der Waals surface area (Å²) >= 11 is 0. The van der Waals surface area contributed by atoms with E-state index in [-0.39, 0.29) is 29.7 Å². The summed E-state index contributed by atoms with van der Waals surface area (Å²) in [5, 5.41) is 12.0. The number of aliphatic hydroxyl groups is 1. The van der Waals surface area contributed by atoms with Crippen molar-refractivity contribution in [2.75, 3.05) is 6.54 Å². The maximum Gasteiger partial charge on any atom is 0.417 e. The van der Waals surface area contributed by atoms with Crippen LogP contribution in [-0.2, 0) is 9.59 Å².